The lowest BCUT2D eigenvalue weighted by atomic mass is 9.71. The number of alkyl halides is 1. The van der Waals surface area contributed by atoms with Crippen molar-refractivity contribution in [3.63, 3.8) is 0 Å². The van der Waals surface area contributed by atoms with Crippen molar-refractivity contribution in [2.24, 2.45) is 17.8 Å². The van der Waals surface area contributed by atoms with Gasteiger partial charge in [0.15, 0.2) is 34.8 Å². The monoisotopic (exact) mass is 789 g/mol. The number of aromatic nitrogens is 3. The highest BCUT2D eigenvalue weighted by atomic mass is 19.1. The van der Waals surface area contributed by atoms with E-state index in [1.807, 2.05) is 42.6 Å². The molecule has 5 heterocycles. The van der Waals surface area contributed by atoms with E-state index in [1.54, 1.807) is 40.2 Å². The van der Waals surface area contributed by atoms with E-state index in [2.05, 4.69) is 15.3 Å². The molecule has 2 aromatic rings. The molecule has 15 nitrogen and oxygen atoms in total. The zero-order chi connectivity index (χ0) is 41.3. The molecule has 56 heavy (non-hydrogen) atoms. The molecule has 1 amide bonds. The number of carbonyl (C=O) groups excluding carboxylic acids is 4. The number of imidazole rings is 1. The Labute approximate surface area is 328 Å². The Kier molecular flexibility index (Phi) is 13.3. The van der Waals surface area contributed by atoms with Gasteiger partial charge in [-0.2, -0.15) is 0 Å². The van der Waals surface area contributed by atoms with Gasteiger partial charge in [0.1, 0.15) is 18.1 Å². The van der Waals surface area contributed by atoms with Gasteiger partial charge in [-0.15, -0.1) is 0 Å². The number of amides is 1. The molecule has 0 saturated carbocycles. The number of likely N-dealkylation sites (N-methyl/N-ethyl adjacent to an activating group) is 1. The quantitative estimate of drug-likeness (QED) is 0.199. The number of carbonyl (C=O) groups is 4. The Morgan fingerprint density at radius 1 is 1.11 bits per heavy atom. The van der Waals surface area contributed by atoms with Crippen LogP contribution in [0.3, 0.4) is 0 Å². The first-order valence-electron chi connectivity index (χ1n) is 19.7. The van der Waals surface area contributed by atoms with Crippen molar-refractivity contribution >= 4 is 34.8 Å². The number of fused-ring (bicyclic) bond motifs is 2. The lowest BCUT2D eigenvalue weighted by molar-refractivity contribution is -0.296. The second-order valence-corrected chi connectivity index (χ2v) is 16.7. The minimum Gasteiger partial charge on any atom is -0.458 e. The van der Waals surface area contributed by atoms with E-state index in [-0.39, 0.29) is 25.0 Å². The minimum absolute atomic E-state index is 0.151. The van der Waals surface area contributed by atoms with Gasteiger partial charge in [-0.1, -0.05) is 20.3 Å². The number of aliphatic hydroxyl groups is 1. The van der Waals surface area contributed by atoms with Gasteiger partial charge in [0, 0.05) is 44.1 Å². The summed E-state index contributed by atoms with van der Waals surface area (Å²) in [5.41, 5.74) is -4.43. The van der Waals surface area contributed by atoms with Gasteiger partial charge in [0.2, 0.25) is 0 Å². The number of unbranched alkanes of at least 4 members (excludes halogenated alkanes) is 1. The van der Waals surface area contributed by atoms with E-state index in [0.717, 1.165) is 5.52 Å². The third-order valence-electron chi connectivity index (χ3n) is 12.3. The molecule has 5 rings (SSSR count). The molecule has 0 aliphatic carbocycles. The van der Waals surface area contributed by atoms with Gasteiger partial charge < -0.3 is 43.6 Å². The Hall–Kier alpha value is -3.57. The maximum Gasteiger partial charge on any atom is 0.408 e. The molecule has 0 radical (unpaired) electrons. The van der Waals surface area contributed by atoms with Crippen LogP contribution in [-0.4, -0.2) is 129 Å². The lowest BCUT2D eigenvalue weighted by Crippen LogP contribution is -2.62. The molecule has 3 fully saturated rings. The van der Waals surface area contributed by atoms with Gasteiger partial charge in [-0.25, -0.2) is 19.2 Å². The third-order valence-corrected chi connectivity index (χ3v) is 12.3. The first-order valence-corrected chi connectivity index (χ1v) is 19.7. The molecule has 2 aromatic heterocycles. The van der Waals surface area contributed by atoms with Crippen molar-refractivity contribution in [1.29, 1.82) is 0 Å². The zero-order valence-electron chi connectivity index (χ0n) is 34.3. The number of cyclic esters (lactones) is 1. The first kappa shape index (κ1) is 43.6. The number of nitrogens with zero attached hydrogens (tertiary/aromatic N) is 4. The van der Waals surface area contributed by atoms with Crippen LogP contribution in [0, 0.1) is 17.8 Å². The summed E-state index contributed by atoms with van der Waals surface area (Å²) in [6, 6.07) is 2.27. The number of esters is 1. The number of Topliss-reactive ketones (excluding diaryl/α,β-unsaturated/α-hetero) is 2. The van der Waals surface area contributed by atoms with Crippen LogP contribution in [0.4, 0.5) is 9.18 Å². The SMILES string of the molecule is CC[C@H]1OC(=O)[C@H](C)C(=O)[C@H](C)[C@@H](O[C@@H]2O[C@H](C)C[C@H](N(C)C)[C@H]2O)[C@](C)(OC)C[C@](C)(F)C(=O)[C@H](CCCCn2cnc3ncccc32)[C@@H]2NC(=O)O[C@]12C. The molecule has 2 N–H and O–H groups in total. The molecule has 13 atom stereocenters. The maximum atomic E-state index is 17.6. The highest BCUT2D eigenvalue weighted by Gasteiger charge is 2.60. The van der Waals surface area contributed by atoms with Crippen molar-refractivity contribution in [1.82, 2.24) is 24.8 Å². The van der Waals surface area contributed by atoms with E-state index in [0.29, 0.717) is 31.5 Å². The van der Waals surface area contributed by atoms with Crippen LogP contribution in [-0.2, 0) is 44.6 Å². The van der Waals surface area contributed by atoms with Crippen molar-refractivity contribution in [3.05, 3.63) is 24.7 Å². The van der Waals surface area contributed by atoms with Crippen LogP contribution in [0.2, 0.25) is 0 Å². The summed E-state index contributed by atoms with van der Waals surface area (Å²) in [5.74, 6) is -5.87. The Balaban J connectivity index is 1.54. The number of ether oxygens (including phenoxy) is 5. The van der Waals surface area contributed by atoms with Crippen LogP contribution in [0.5, 0.6) is 0 Å². The van der Waals surface area contributed by atoms with E-state index in [9.17, 15) is 24.3 Å². The van der Waals surface area contributed by atoms with Crippen LogP contribution >= 0.6 is 0 Å². The largest absolute Gasteiger partial charge is 0.458 e. The van der Waals surface area contributed by atoms with E-state index < -0.39 is 95.3 Å². The number of aliphatic hydroxyl groups excluding tert-OH is 1. The van der Waals surface area contributed by atoms with E-state index in [1.165, 1.54) is 21.0 Å². The summed E-state index contributed by atoms with van der Waals surface area (Å²) >= 11 is 0. The molecule has 0 bridgehead atoms. The van der Waals surface area contributed by atoms with E-state index in [4.69, 9.17) is 23.7 Å². The van der Waals surface area contributed by atoms with Crippen LogP contribution < -0.4 is 5.32 Å². The summed E-state index contributed by atoms with van der Waals surface area (Å²) in [6.07, 6.45) is -1.37. The molecular weight excluding hydrogens is 729 g/mol. The molecule has 312 valence electrons. The van der Waals surface area contributed by atoms with Gasteiger partial charge >= 0.3 is 12.1 Å². The summed E-state index contributed by atoms with van der Waals surface area (Å²) in [7, 11) is 4.98. The topological polar surface area (TPSA) is 181 Å². The Morgan fingerprint density at radius 2 is 1.82 bits per heavy atom. The molecule has 3 saturated heterocycles. The predicted molar refractivity (Wildman–Crippen MR) is 202 cm³/mol. The summed E-state index contributed by atoms with van der Waals surface area (Å²) in [6.45, 7) is 11.4. The zero-order valence-corrected chi connectivity index (χ0v) is 34.3. The summed E-state index contributed by atoms with van der Waals surface area (Å²) in [5, 5.41) is 14.2. The fourth-order valence-electron chi connectivity index (χ4n) is 9.02. The standard InChI is InChI=1S/C40H60FN5O10/c1-11-28-40(7)31(44-37(51)56-40)25(15-12-13-18-46-21-43-34-26(46)16-14-17-42-34)32(49)38(5,41)20-39(6,52-10)33(23(3)29(47)24(4)35(50)54-28)55-36-30(48)27(45(8)9)19-22(2)53-36/h14,16-17,21-25,27-28,30-31,33,36,48H,11-13,15,18-20H2,1-10H3,(H,44,51)/t22-,23+,24-,25-,27+,28-,30-,31+,33-,36+,38+,39-,40-/m1/s1. The summed E-state index contributed by atoms with van der Waals surface area (Å²) in [4.78, 5) is 66.5. The van der Waals surface area contributed by atoms with Crippen molar-refractivity contribution in [3.8, 4) is 0 Å². The Morgan fingerprint density at radius 3 is 2.48 bits per heavy atom. The molecule has 3 aliphatic rings. The Bertz CT molecular complexity index is 1740. The highest BCUT2D eigenvalue weighted by Crippen LogP contribution is 2.43. The smallest absolute Gasteiger partial charge is 0.408 e. The van der Waals surface area contributed by atoms with Gasteiger partial charge in [-0.3, -0.25) is 14.4 Å². The average molecular weight is 790 g/mol. The number of aryl methyl sites for hydroxylation is 1. The second-order valence-electron chi connectivity index (χ2n) is 16.7. The highest BCUT2D eigenvalue weighted by molar-refractivity contribution is 6.00. The van der Waals surface area contributed by atoms with Crippen molar-refractivity contribution in [2.75, 3.05) is 21.2 Å². The normalized spacial score (nSPS) is 38.9. The molecule has 16 heteroatoms. The number of hydrogen-bond acceptors (Lipinski definition) is 13. The van der Waals surface area contributed by atoms with Crippen molar-refractivity contribution in [2.45, 2.75) is 153 Å². The van der Waals surface area contributed by atoms with Gasteiger partial charge in [-0.05, 0) is 86.5 Å². The fraction of sp³-hybridized carbons (Fsp3) is 0.750. The molecule has 0 spiro atoms. The summed E-state index contributed by atoms with van der Waals surface area (Å²) < 4.78 is 50.0. The molecule has 0 aromatic carbocycles. The predicted octanol–water partition coefficient (Wildman–Crippen LogP) is 4.17. The number of ketones is 2. The number of hydrogen-bond donors (Lipinski definition) is 2. The third kappa shape index (κ3) is 8.64. The van der Waals surface area contributed by atoms with Gasteiger partial charge in [0.25, 0.3) is 0 Å². The molecule has 0 unspecified atom stereocenters. The second kappa shape index (κ2) is 17.1. The number of nitrogens with one attached hydrogen (secondary N) is 1. The number of alkyl carbamates (subject to hydrolysis) is 1. The van der Waals surface area contributed by atoms with E-state index >= 15 is 4.39 Å². The molecular formula is C40H60FN5O10. The molecule has 3 aliphatic heterocycles. The minimum atomic E-state index is -2.61. The van der Waals surface area contributed by atoms with Crippen molar-refractivity contribution < 1.29 is 52.4 Å². The average Bonchev–Trinajstić information content (AvgIpc) is 3.71. The van der Waals surface area contributed by atoms with Gasteiger partial charge in [0.05, 0.1) is 35.7 Å². The number of halogens is 1. The van der Waals surface area contributed by atoms with Crippen LogP contribution in [0.15, 0.2) is 24.7 Å². The maximum absolute atomic E-state index is 17.6. The van der Waals surface area contributed by atoms with Crippen LogP contribution in [0.25, 0.3) is 11.2 Å². The fourth-order valence-corrected chi connectivity index (χ4v) is 9.02. The number of rotatable bonds is 10. The first-order chi connectivity index (χ1) is 26.3. The number of methoxy groups -OCH3 is 1. The van der Waals surface area contributed by atoms with Crippen LogP contribution in [0.1, 0.15) is 87.0 Å². The number of pyridine rings is 1. The lowest BCUT2D eigenvalue weighted by Gasteiger charge is -2.47.